The van der Waals surface area contributed by atoms with Crippen LogP contribution in [0.3, 0.4) is 0 Å². The monoisotopic (exact) mass is 435 g/mol. The summed E-state index contributed by atoms with van der Waals surface area (Å²) in [5.74, 6) is -0.0636. The van der Waals surface area contributed by atoms with E-state index in [0.717, 1.165) is 12.0 Å². The summed E-state index contributed by atoms with van der Waals surface area (Å²) in [5, 5.41) is 2.92. The van der Waals surface area contributed by atoms with Crippen LogP contribution < -0.4 is 5.32 Å². The fourth-order valence-corrected chi connectivity index (χ4v) is 3.90. The zero-order chi connectivity index (χ0) is 23.1. The molecule has 6 nitrogen and oxygen atoms in total. The van der Waals surface area contributed by atoms with Gasteiger partial charge in [0.05, 0.1) is 0 Å². The lowest BCUT2D eigenvalue weighted by Crippen LogP contribution is -2.53. The molecule has 2 aromatic rings. The van der Waals surface area contributed by atoms with Crippen LogP contribution in [0.5, 0.6) is 0 Å². The topological polar surface area (TPSA) is 69.7 Å². The van der Waals surface area contributed by atoms with Crippen molar-refractivity contribution < 1.29 is 14.4 Å². The summed E-state index contributed by atoms with van der Waals surface area (Å²) in [7, 11) is 0. The van der Waals surface area contributed by atoms with E-state index in [1.165, 1.54) is 5.56 Å². The summed E-state index contributed by atoms with van der Waals surface area (Å²) in [4.78, 5) is 42.2. The molecule has 0 aliphatic carbocycles. The zero-order valence-electron chi connectivity index (χ0n) is 19.2. The third-order valence-corrected chi connectivity index (χ3v) is 5.77. The number of nitrogens with zero attached hydrogens (tertiary/aromatic N) is 2. The van der Waals surface area contributed by atoms with E-state index < -0.39 is 6.04 Å². The molecule has 3 amide bonds. The molecule has 2 aromatic carbocycles. The van der Waals surface area contributed by atoms with Crippen molar-refractivity contribution in [2.24, 2.45) is 5.92 Å². The number of carbonyl (C=O) groups is 3. The van der Waals surface area contributed by atoms with Crippen LogP contribution in [0.2, 0.25) is 0 Å². The lowest BCUT2D eigenvalue weighted by Gasteiger charge is -2.36. The summed E-state index contributed by atoms with van der Waals surface area (Å²) in [6.45, 7) is 7.88. The maximum absolute atomic E-state index is 13.3. The Morgan fingerprint density at radius 3 is 2.03 bits per heavy atom. The van der Waals surface area contributed by atoms with E-state index in [1.54, 1.807) is 9.80 Å². The lowest BCUT2D eigenvalue weighted by atomic mass is 10.0. The number of hydrogen-bond donors (Lipinski definition) is 1. The van der Waals surface area contributed by atoms with Crippen molar-refractivity contribution in [3.63, 3.8) is 0 Å². The second kappa shape index (κ2) is 10.9. The van der Waals surface area contributed by atoms with Gasteiger partial charge < -0.3 is 15.1 Å². The molecule has 1 heterocycles. The van der Waals surface area contributed by atoms with Crippen molar-refractivity contribution in [1.29, 1.82) is 0 Å². The van der Waals surface area contributed by atoms with Crippen LogP contribution in [0.1, 0.15) is 54.7 Å². The molecule has 1 aliphatic rings. The Bertz CT molecular complexity index is 917. The van der Waals surface area contributed by atoms with Gasteiger partial charge in [-0.1, -0.05) is 63.2 Å². The molecule has 1 saturated heterocycles. The number of carbonyl (C=O) groups excluding carboxylic acids is 3. The molecule has 0 saturated carbocycles. The Morgan fingerprint density at radius 1 is 0.875 bits per heavy atom. The largest absolute Gasteiger partial charge is 0.341 e. The Labute approximate surface area is 190 Å². The molecule has 0 bridgehead atoms. The van der Waals surface area contributed by atoms with Crippen LogP contribution in [0.25, 0.3) is 0 Å². The van der Waals surface area contributed by atoms with Crippen molar-refractivity contribution in [3.8, 4) is 0 Å². The Hall–Kier alpha value is -3.15. The molecular weight excluding hydrogens is 402 g/mol. The van der Waals surface area contributed by atoms with Gasteiger partial charge in [-0.25, -0.2) is 0 Å². The molecule has 0 spiro atoms. The first-order valence-electron chi connectivity index (χ1n) is 11.4. The van der Waals surface area contributed by atoms with E-state index in [0.29, 0.717) is 38.2 Å². The third kappa shape index (κ3) is 5.96. The predicted molar refractivity (Wildman–Crippen MR) is 125 cm³/mol. The maximum Gasteiger partial charge on any atom is 0.253 e. The molecule has 0 aromatic heterocycles. The Kier molecular flexibility index (Phi) is 8.03. The molecule has 3 rings (SSSR count). The summed E-state index contributed by atoms with van der Waals surface area (Å²) >= 11 is 0. The number of nitrogens with one attached hydrogen (secondary N) is 1. The fraction of sp³-hybridized carbons (Fsp3) is 0.423. The van der Waals surface area contributed by atoms with Gasteiger partial charge in [0, 0.05) is 38.2 Å². The summed E-state index contributed by atoms with van der Waals surface area (Å²) < 4.78 is 0. The average Bonchev–Trinajstić information content (AvgIpc) is 2.82. The van der Waals surface area contributed by atoms with Crippen molar-refractivity contribution in [2.75, 3.05) is 26.2 Å². The fourth-order valence-electron chi connectivity index (χ4n) is 3.90. The van der Waals surface area contributed by atoms with Gasteiger partial charge in [-0.15, -0.1) is 0 Å². The number of aryl methyl sites for hydroxylation is 1. The maximum atomic E-state index is 13.3. The van der Waals surface area contributed by atoms with Gasteiger partial charge >= 0.3 is 0 Å². The van der Waals surface area contributed by atoms with Crippen LogP contribution in [0.4, 0.5) is 0 Å². The molecule has 1 N–H and O–H groups in total. The highest BCUT2D eigenvalue weighted by Gasteiger charge is 2.31. The summed E-state index contributed by atoms with van der Waals surface area (Å²) in [6, 6.07) is 16.3. The van der Waals surface area contributed by atoms with Gasteiger partial charge in [-0.2, -0.15) is 0 Å². The molecule has 32 heavy (non-hydrogen) atoms. The highest BCUT2D eigenvalue weighted by molar-refractivity contribution is 5.94. The minimum absolute atomic E-state index is 0.00963. The lowest BCUT2D eigenvalue weighted by molar-refractivity contribution is -0.138. The van der Waals surface area contributed by atoms with Crippen LogP contribution in [-0.4, -0.2) is 53.7 Å². The molecule has 0 radical (unpaired) electrons. The summed E-state index contributed by atoms with van der Waals surface area (Å²) in [5.41, 5.74) is 2.64. The Morgan fingerprint density at radius 2 is 1.47 bits per heavy atom. The number of piperazine rings is 1. The summed E-state index contributed by atoms with van der Waals surface area (Å²) in [6.07, 6.45) is 1.31. The second-order valence-electron chi connectivity index (χ2n) is 8.68. The van der Waals surface area contributed by atoms with Gasteiger partial charge in [0.2, 0.25) is 11.8 Å². The SMILES string of the molecule is CCc1ccc(C(=O)N2CCN(C(=O)C(NC(=O)CC(C)C)c3ccccc3)CC2)cc1. The van der Waals surface area contributed by atoms with Crippen LogP contribution in [0.15, 0.2) is 54.6 Å². The number of rotatable bonds is 7. The van der Waals surface area contributed by atoms with Crippen LogP contribution >= 0.6 is 0 Å². The van der Waals surface area contributed by atoms with Crippen LogP contribution in [0, 0.1) is 5.92 Å². The Balaban J connectivity index is 1.65. The normalized spacial score (nSPS) is 14.9. The van der Waals surface area contributed by atoms with Crippen molar-refractivity contribution >= 4 is 17.7 Å². The molecule has 1 unspecified atom stereocenters. The van der Waals surface area contributed by atoms with E-state index in [1.807, 2.05) is 68.4 Å². The minimum Gasteiger partial charge on any atom is -0.341 e. The average molecular weight is 436 g/mol. The molecule has 1 fully saturated rings. The van der Waals surface area contributed by atoms with Crippen molar-refractivity contribution in [1.82, 2.24) is 15.1 Å². The van der Waals surface area contributed by atoms with E-state index in [9.17, 15) is 14.4 Å². The van der Waals surface area contributed by atoms with Gasteiger partial charge in [-0.3, -0.25) is 14.4 Å². The third-order valence-electron chi connectivity index (χ3n) is 5.77. The molecular formula is C26H33N3O3. The quantitative estimate of drug-likeness (QED) is 0.724. The highest BCUT2D eigenvalue weighted by Crippen LogP contribution is 2.19. The second-order valence-corrected chi connectivity index (χ2v) is 8.68. The molecule has 1 aliphatic heterocycles. The van der Waals surface area contributed by atoms with Crippen molar-refractivity contribution in [3.05, 3.63) is 71.3 Å². The van der Waals surface area contributed by atoms with E-state index in [4.69, 9.17) is 0 Å². The van der Waals surface area contributed by atoms with Gasteiger partial charge in [0.15, 0.2) is 0 Å². The van der Waals surface area contributed by atoms with E-state index >= 15 is 0 Å². The first kappa shape index (κ1) is 23.5. The number of benzene rings is 2. The van der Waals surface area contributed by atoms with Gasteiger partial charge in [0.25, 0.3) is 5.91 Å². The highest BCUT2D eigenvalue weighted by atomic mass is 16.2. The molecule has 170 valence electrons. The van der Waals surface area contributed by atoms with Crippen molar-refractivity contribution in [2.45, 2.75) is 39.7 Å². The first-order chi connectivity index (χ1) is 15.4. The zero-order valence-corrected chi connectivity index (χ0v) is 19.2. The van der Waals surface area contributed by atoms with Gasteiger partial charge in [-0.05, 0) is 35.6 Å². The first-order valence-corrected chi connectivity index (χ1v) is 11.4. The molecule has 1 atom stereocenters. The molecule has 6 heteroatoms. The number of hydrogen-bond acceptors (Lipinski definition) is 3. The number of amides is 3. The van der Waals surface area contributed by atoms with E-state index in [2.05, 4.69) is 12.2 Å². The van der Waals surface area contributed by atoms with Crippen LogP contribution in [-0.2, 0) is 16.0 Å². The predicted octanol–water partition coefficient (Wildman–Crippen LogP) is 3.44. The smallest absolute Gasteiger partial charge is 0.253 e. The van der Waals surface area contributed by atoms with Gasteiger partial charge in [0.1, 0.15) is 6.04 Å². The van der Waals surface area contributed by atoms with E-state index in [-0.39, 0.29) is 23.6 Å². The standard InChI is InChI=1S/C26H33N3O3/c1-4-20-10-12-22(13-11-20)25(31)28-14-16-29(17-15-28)26(32)24(21-8-6-5-7-9-21)27-23(30)18-19(2)3/h5-13,19,24H,4,14-18H2,1-3H3,(H,27,30). The minimum atomic E-state index is -0.716.